The number of nitriles is 1. The summed E-state index contributed by atoms with van der Waals surface area (Å²) in [4.78, 5) is 17.7. The number of H-pyrrole nitrogens is 1. The number of aromatic nitrogens is 1. The predicted octanol–water partition coefficient (Wildman–Crippen LogP) is 1.13. The molecule has 1 saturated heterocycles. The van der Waals surface area contributed by atoms with Crippen LogP contribution in [0.4, 0.5) is 0 Å². The van der Waals surface area contributed by atoms with Crippen molar-refractivity contribution < 1.29 is 4.79 Å². The number of rotatable bonds is 3. The van der Waals surface area contributed by atoms with Crippen LogP contribution < -0.4 is 5.32 Å². The van der Waals surface area contributed by atoms with E-state index in [0.29, 0.717) is 17.7 Å². The summed E-state index contributed by atoms with van der Waals surface area (Å²) < 4.78 is 0. The third-order valence-corrected chi connectivity index (χ3v) is 3.69. The lowest BCUT2D eigenvalue weighted by Gasteiger charge is -2.26. The maximum atomic E-state index is 12.4. The number of piperazine rings is 1. The fraction of sp³-hybridized carbons (Fsp3) is 0.333. The highest BCUT2D eigenvalue weighted by Gasteiger charge is 2.17. The summed E-state index contributed by atoms with van der Waals surface area (Å²) in [7, 11) is 0. The number of aromatic amines is 1. The molecule has 1 aromatic carbocycles. The number of fused-ring (bicyclic) bond motifs is 1. The summed E-state index contributed by atoms with van der Waals surface area (Å²) in [6.07, 6.45) is 1.75. The van der Waals surface area contributed by atoms with Crippen LogP contribution in [0.25, 0.3) is 10.9 Å². The second-order valence-electron chi connectivity index (χ2n) is 5.02. The maximum Gasteiger partial charge on any atom is 0.178 e. The van der Waals surface area contributed by atoms with Gasteiger partial charge >= 0.3 is 0 Å². The lowest BCUT2D eigenvalue weighted by molar-refractivity contribution is 0.0923. The van der Waals surface area contributed by atoms with Crippen LogP contribution >= 0.6 is 0 Å². The fourth-order valence-corrected chi connectivity index (χ4v) is 2.58. The average Bonchev–Trinajstić information content (AvgIpc) is 2.91. The van der Waals surface area contributed by atoms with Gasteiger partial charge in [-0.25, -0.2) is 0 Å². The van der Waals surface area contributed by atoms with Gasteiger partial charge in [0.1, 0.15) is 0 Å². The Kier molecular flexibility index (Phi) is 3.50. The zero-order chi connectivity index (χ0) is 13.9. The Morgan fingerprint density at radius 3 is 2.90 bits per heavy atom. The minimum Gasteiger partial charge on any atom is -0.360 e. The van der Waals surface area contributed by atoms with Gasteiger partial charge in [-0.05, 0) is 18.2 Å². The first-order valence-corrected chi connectivity index (χ1v) is 6.75. The predicted molar refractivity (Wildman–Crippen MR) is 76.7 cm³/mol. The van der Waals surface area contributed by atoms with Gasteiger partial charge in [-0.15, -0.1) is 0 Å². The zero-order valence-electron chi connectivity index (χ0n) is 11.1. The second kappa shape index (κ2) is 5.45. The molecule has 2 heterocycles. The molecule has 0 atom stereocenters. The van der Waals surface area contributed by atoms with Gasteiger partial charge in [0.25, 0.3) is 0 Å². The number of nitrogens with one attached hydrogen (secondary N) is 2. The highest BCUT2D eigenvalue weighted by atomic mass is 16.1. The molecule has 2 aromatic rings. The number of hydrogen-bond acceptors (Lipinski definition) is 4. The Hall–Kier alpha value is -2.16. The molecule has 1 aliphatic rings. The van der Waals surface area contributed by atoms with Crippen molar-refractivity contribution in [3.63, 3.8) is 0 Å². The van der Waals surface area contributed by atoms with Crippen LogP contribution in [0.5, 0.6) is 0 Å². The van der Waals surface area contributed by atoms with E-state index in [1.165, 1.54) is 0 Å². The number of carbonyl (C=O) groups is 1. The van der Waals surface area contributed by atoms with E-state index in [9.17, 15) is 4.79 Å². The molecule has 0 saturated carbocycles. The third-order valence-electron chi connectivity index (χ3n) is 3.69. The maximum absolute atomic E-state index is 12.4. The SMILES string of the molecule is N#Cc1ccc2[nH]cc(C(=O)CN3CCNCC3)c2c1. The van der Waals surface area contributed by atoms with Crippen LogP contribution in [0.15, 0.2) is 24.4 Å². The van der Waals surface area contributed by atoms with Crippen molar-refractivity contribution in [3.05, 3.63) is 35.5 Å². The molecule has 102 valence electrons. The Morgan fingerprint density at radius 1 is 1.35 bits per heavy atom. The van der Waals surface area contributed by atoms with Gasteiger partial charge in [0, 0.05) is 48.8 Å². The molecular formula is C15H16N4O. The van der Waals surface area contributed by atoms with Crippen molar-refractivity contribution in [3.8, 4) is 6.07 Å². The van der Waals surface area contributed by atoms with E-state index in [2.05, 4.69) is 21.3 Å². The summed E-state index contributed by atoms with van der Waals surface area (Å²) in [6.45, 7) is 4.10. The van der Waals surface area contributed by atoms with Crippen LogP contribution in [0.3, 0.4) is 0 Å². The summed E-state index contributed by atoms with van der Waals surface area (Å²) in [5.74, 6) is 0.105. The number of ketones is 1. The normalized spacial score (nSPS) is 16.1. The van der Waals surface area contributed by atoms with Crippen LogP contribution in [-0.2, 0) is 0 Å². The first-order chi connectivity index (χ1) is 9.78. The lowest BCUT2D eigenvalue weighted by Crippen LogP contribution is -2.45. The van der Waals surface area contributed by atoms with Crippen LogP contribution in [0.2, 0.25) is 0 Å². The Morgan fingerprint density at radius 2 is 2.15 bits per heavy atom. The molecule has 1 aliphatic heterocycles. The van der Waals surface area contributed by atoms with Crippen LogP contribution in [0.1, 0.15) is 15.9 Å². The van der Waals surface area contributed by atoms with E-state index in [4.69, 9.17) is 5.26 Å². The minimum absolute atomic E-state index is 0.105. The fourth-order valence-electron chi connectivity index (χ4n) is 2.58. The van der Waals surface area contributed by atoms with Crippen LogP contribution in [0, 0.1) is 11.3 Å². The molecule has 0 spiro atoms. The van der Waals surface area contributed by atoms with Crippen LogP contribution in [-0.4, -0.2) is 48.4 Å². The molecule has 0 aliphatic carbocycles. The third kappa shape index (κ3) is 2.44. The van der Waals surface area contributed by atoms with Crippen molar-refractivity contribution >= 4 is 16.7 Å². The van der Waals surface area contributed by atoms with E-state index in [-0.39, 0.29) is 5.78 Å². The van der Waals surface area contributed by atoms with Gasteiger partial charge < -0.3 is 10.3 Å². The Balaban J connectivity index is 1.85. The molecular weight excluding hydrogens is 252 g/mol. The van der Waals surface area contributed by atoms with E-state index in [0.717, 1.165) is 37.1 Å². The van der Waals surface area contributed by atoms with Crippen molar-refractivity contribution in [2.45, 2.75) is 0 Å². The molecule has 1 fully saturated rings. The summed E-state index contributed by atoms with van der Waals surface area (Å²) in [5, 5.41) is 13.1. The first-order valence-electron chi connectivity index (χ1n) is 6.75. The molecule has 3 rings (SSSR count). The largest absolute Gasteiger partial charge is 0.360 e. The molecule has 2 N–H and O–H groups in total. The lowest BCUT2D eigenvalue weighted by atomic mass is 10.1. The monoisotopic (exact) mass is 268 g/mol. The van der Waals surface area contributed by atoms with E-state index in [1.54, 1.807) is 18.3 Å². The highest BCUT2D eigenvalue weighted by Crippen LogP contribution is 2.20. The first kappa shape index (κ1) is 12.9. The highest BCUT2D eigenvalue weighted by molar-refractivity contribution is 6.09. The molecule has 1 aromatic heterocycles. The van der Waals surface area contributed by atoms with Crippen molar-refractivity contribution in [2.75, 3.05) is 32.7 Å². The molecule has 0 unspecified atom stereocenters. The second-order valence-corrected chi connectivity index (χ2v) is 5.02. The number of nitrogens with zero attached hydrogens (tertiary/aromatic N) is 2. The van der Waals surface area contributed by atoms with Gasteiger partial charge in [-0.3, -0.25) is 9.69 Å². The summed E-state index contributed by atoms with van der Waals surface area (Å²) in [6, 6.07) is 7.48. The molecule has 0 amide bonds. The topological polar surface area (TPSA) is 71.9 Å². The number of benzene rings is 1. The summed E-state index contributed by atoms with van der Waals surface area (Å²) >= 11 is 0. The average molecular weight is 268 g/mol. The quantitative estimate of drug-likeness (QED) is 0.818. The van der Waals surface area contributed by atoms with Crippen molar-refractivity contribution in [2.24, 2.45) is 0 Å². The smallest absolute Gasteiger partial charge is 0.178 e. The minimum atomic E-state index is 0.105. The Labute approximate surface area is 117 Å². The molecule has 20 heavy (non-hydrogen) atoms. The van der Waals surface area contributed by atoms with Gasteiger partial charge in [0.05, 0.1) is 18.2 Å². The van der Waals surface area contributed by atoms with Gasteiger partial charge in [-0.2, -0.15) is 5.26 Å². The molecule has 5 nitrogen and oxygen atoms in total. The van der Waals surface area contributed by atoms with Gasteiger partial charge in [0.15, 0.2) is 5.78 Å². The van der Waals surface area contributed by atoms with Gasteiger partial charge in [0.2, 0.25) is 0 Å². The van der Waals surface area contributed by atoms with Gasteiger partial charge in [-0.1, -0.05) is 0 Å². The van der Waals surface area contributed by atoms with E-state index >= 15 is 0 Å². The summed E-state index contributed by atoms with van der Waals surface area (Å²) in [5.41, 5.74) is 2.15. The number of hydrogen-bond donors (Lipinski definition) is 2. The standard InChI is InChI=1S/C15H16N4O/c16-8-11-1-2-14-12(7-11)13(9-18-14)15(20)10-19-5-3-17-4-6-19/h1-2,7,9,17-18H,3-6,10H2. The molecule has 0 bridgehead atoms. The Bertz CT molecular complexity index is 677. The van der Waals surface area contributed by atoms with Crippen molar-refractivity contribution in [1.82, 2.24) is 15.2 Å². The number of carbonyl (C=O) groups excluding carboxylic acids is 1. The molecule has 5 heteroatoms. The van der Waals surface area contributed by atoms with Crippen molar-refractivity contribution in [1.29, 1.82) is 5.26 Å². The molecule has 0 radical (unpaired) electrons. The zero-order valence-corrected chi connectivity index (χ0v) is 11.1. The number of Topliss-reactive ketones (excluding diaryl/α,β-unsaturated/α-hetero) is 1. The van der Waals surface area contributed by atoms with E-state index in [1.807, 2.05) is 6.07 Å². The van der Waals surface area contributed by atoms with E-state index < -0.39 is 0 Å².